The van der Waals surface area contributed by atoms with Crippen molar-refractivity contribution in [2.75, 3.05) is 20.3 Å². The summed E-state index contributed by atoms with van der Waals surface area (Å²) in [6.45, 7) is 0.154. The summed E-state index contributed by atoms with van der Waals surface area (Å²) in [5.74, 6) is 0. The number of carbonyl (C=O) groups excluding carboxylic acids is 2. The van der Waals surface area contributed by atoms with Gasteiger partial charge in [0.05, 0.1) is 0 Å². The smallest absolute Gasteiger partial charge is 0.445 e. The fourth-order valence-corrected chi connectivity index (χ4v) is 0.688. The Kier molecular flexibility index (Phi) is 2.73. The van der Waals surface area contributed by atoms with Crippen LogP contribution in [-0.2, 0) is 14.2 Å². The Balaban J connectivity index is 2.16. The first-order valence-corrected chi connectivity index (χ1v) is 3.40. The summed E-state index contributed by atoms with van der Waals surface area (Å²) < 4.78 is 13.7. The number of ether oxygens (including phenoxy) is 3. The Morgan fingerprint density at radius 3 is 3.08 bits per heavy atom. The maximum atomic E-state index is 10.5. The first-order chi connectivity index (χ1) is 5.72. The Morgan fingerprint density at radius 2 is 2.58 bits per heavy atom. The third-order valence-corrected chi connectivity index (χ3v) is 1.25. The highest BCUT2D eigenvalue weighted by molar-refractivity contribution is 5.66. The molecule has 68 valence electrons. The second-order valence-electron chi connectivity index (χ2n) is 2.15. The summed E-state index contributed by atoms with van der Waals surface area (Å²) in [7, 11) is 1.44. The van der Waals surface area contributed by atoms with Crippen molar-refractivity contribution >= 4 is 12.2 Å². The van der Waals surface area contributed by atoms with Gasteiger partial charge in [-0.25, -0.2) is 9.59 Å². The molecule has 0 aromatic heterocycles. The number of hydrogen-bond donors (Lipinski definition) is 1. The molecule has 1 amide bonds. The van der Waals surface area contributed by atoms with E-state index in [2.05, 4.69) is 19.5 Å². The van der Waals surface area contributed by atoms with Gasteiger partial charge in [-0.2, -0.15) is 0 Å². The van der Waals surface area contributed by atoms with Gasteiger partial charge in [0.25, 0.3) is 0 Å². The van der Waals surface area contributed by atoms with E-state index in [0.717, 1.165) is 0 Å². The first kappa shape index (κ1) is 8.63. The van der Waals surface area contributed by atoms with Gasteiger partial charge in [-0.05, 0) is 0 Å². The van der Waals surface area contributed by atoms with Crippen LogP contribution in [0.4, 0.5) is 9.59 Å². The second kappa shape index (κ2) is 3.80. The van der Waals surface area contributed by atoms with Crippen LogP contribution in [-0.4, -0.2) is 38.6 Å². The molecule has 0 aromatic rings. The highest BCUT2D eigenvalue weighted by Gasteiger charge is 2.25. The first-order valence-electron chi connectivity index (χ1n) is 3.40. The summed E-state index contributed by atoms with van der Waals surface area (Å²) in [6.07, 6.45) is -1.76. The van der Waals surface area contributed by atoms with E-state index in [0.29, 0.717) is 0 Å². The van der Waals surface area contributed by atoms with Crippen molar-refractivity contribution < 1.29 is 23.8 Å². The Labute approximate surface area is 68.8 Å². The Bertz CT molecular complexity index is 192. The van der Waals surface area contributed by atoms with Gasteiger partial charge in [0.1, 0.15) is 13.2 Å². The summed E-state index contributed by atoms with van der Waals surface area (Å²) in [5, 5.41) is 2.26. The molecule has 1 saturated heterocycles. The van der Waals surface area contributed by atoms with E-state index < -0.39 is 18.4 Å². The number of nitrogens with one attached hydrogen (secondary N) is 1. The molecule has 0 spiro atoms. The molecule has 1 aliphatic heterocycles. The van der Waals surface area contributed by atoms with Gasteiger partial charge >= 0.3 is 12.2 Å². The second-order valence-corrected chi connectivity index (χ2v) is 2.15. The van der Waals surface area contributed by atoms with Gasteiger partial charge in [-0.15, -0.1) is 0 Å². The van der Waals surface area contributed by atoms with E-state index in [1.807, 2.05) is 0 Å². The van der Waals surface area contributed by atoms with Gasteiger partial charge < -0.3 is 19.5 Å². The fraction of sp³-hybridized carbons (Fsp3) is 0.667. The van der Waals surface area contributed by atoms with Crippen LogP contribution in [0, 0.1) is 0 Å². The molecule has 0 saturated carbocycles. The zero-order valence-electron chi connectivity index (χ0n) is 6.53. The lowest BCUT2D eigenvalue weighted by Crippen LogP contribution is -2.26. The van der Waals surface area contributed by atoms with Crippen LogP contribution in [0.5, 0.6) is 0 Å². The quantitative estimate of drug-likeness (QED) is 0.592. The topological polar surface area (TPSA) is 73.9 Å². The van der Waals surface area contributed by atoms with Crippen molar-refractivity contribution in [2.24, 2.45) is 0 Å². The predicted octanol–water partition coefficient (Wildman–Crippen LogP) is -0.122. The largest absolute Gasteiger partial charge is 0.508 e. The monoisotopic (exact) mass is 175 g/mol. The molecule has 1 N–H and O–H groups in total. The van der Waals surface area contributed by atoms with E-state index in [4.69, 9.17) is 0 Å². The molecular formula is C6H9NO5. The Morgan fingerprint density at radius 1 is 1.83 bits per heavy atom. The number of amides is 1. The van der Waals surface area contributed by atoms with Gasteiger partial charge in [0.2, 0.25) is 0 Å². The fourth-order valence-electron chi connectivity index (χ4n) is 0.688. The summed E-state index contributed by atoms with van der Waals surface area (Å²) >= 11 is 0. The van der Waals surface area contributed by atoms with E-state index in [-0.39, 0.29) is 13.2 Å². The standard InChI is InChI=1S/C6H9NO5/c1-7-5(8)10-2-4-3-11-6(9)12-4/h4H,2-3H2,1H3,(H,7,8). The van der Waals surface area contributed by atoms with Crippen LogP contribution < -0.4 is 5.32 Å². The maximum Gasteiger partial charge on any atom is 0.508 e. The zero-order chi connectivity index (χ0) is 8.97. The SMILES string of the molecule is CNC(=O)OCC1COC(=O)O1. The molecule has 6 nitrogen and oxygen atoms in total. The third-order valence-electron chi connectivity index (χ3n) is 1.25. The average Bonchev–Trinajstić information content (AvgIpc) is 2.47. The molecule has 1 rings (SSSR count). The third kappa shape index (κ3) is 2.30. The molecule has 0 radical (unpaired) electrons. The average molecular weight is 175 g/mol. The summed E-state index contributed by atoms with van der Waals surface area (Å²) in [4.78, 5) is 20.9. The molecule has 0 bridgehead atoms. The molecule has 1 unspecified atom stereocenters. The van der Waals surface area contributed by atoms with Crippen molar-refractivity contribution in [2.45, 2.75) is 6.10 Å². The van der Waals surface area contributed by atoms with Crippen LogP contribution in [0.2, 0.25) is 0 Å². The lowest BCUT2D eigenvalue weighted by atomic mass is 10.4. The number of hydrogen-bond acceptors (Lipinski definition) is 5. The Hall–Kier alpha value is -1.46. The minimum absolute atomic E-state index is 0.0193. The van der Waals surface area contributed by atoms with Crippen LogP contribution in [0.25, 0.3) is 0 Å². The minimum atomic E-state index is -0.722. The molecule has 0 aliphatic carbocycles. The van der Waals surface area contributed by atoms with Crippen LogP contribution in [0.3, 0.4) is 0 Å². The molecule has 1 atom stereocenters. The van der Waals surface area contributed by atoms with Crippen LogP contribution in [0.1, 0.15) is 0 Å². The van der Waals surface area contributed by atoms with Crippen molar-refractivity contribution in [1.82, 2.24) is 5.32 Å². The van der Waals surface area contributed by atoms with Gasteiger partial charge in [0.15, 0.2) is 6.10 Å². The van der Waals surface area contributed by atoms with E-state index in [1.54, 1.807) is 0 Å². The highest BCUT2D eigenvalue weighted by atomic mass is 16.8. The number of rotatable bonds is 2. The van der Waals surface area contributed by atoms with Crippen molar-refractivity contribution in [3.63, 3.8) is 0 Å². The molecule has 1 heterocycles. The number of alkyl carbamates (subject to hydrolysis) is 1. The van der Waals surface area contributed by atoms with Crippen molar-refractivity contribution in [3.8, 4) is 0 Å². The molecule has 12 heavy (non-hydrogen) atoms. The summed E-state index contributed by atoms with van der Waals surface area (Å²) in [5.41, 5.74) is 0. The number of cyclic esters (lactones) is 2. The van der Waals surface area contributed by atoms with Crippen molar-refractivity contribution in [3.05, 3.63) is 0 Å². The molecule has 1 fully saturated rings. The molecule has 0 aromatic carbocycles. The van der Waals surface area contributed by atoms with Gasteiger partial charge in [0, 0.05) is 7.05 Å². The lowest BCUT2D eigenvalue weighted by molar-refractivity contribution is 0.0735. The molecular weight excluding hydrogens is 166 g/mol. The van der Waals surface area contributed by atoms with Crippen LogP contribution >= 0.6 is 0 Å². The van der Waals surface area contributed by atoms with E-state index in [1.165, 1.54) is 7.05 Å². The molecule has 1 aliphatic rings. The number of carbonyl (C=O) groups is 2. The normalized spacial score (nSPS) is 21.1. The van der Waals surface area contributed by atoms with Gasteiger partial charge in [-0.3, -0.25) is 0 Å². The predicted molar refractivity (Wildman–Crippen MR) is 36.6 cm³/mol. The zero-order valence-corrected chi connectivity index (χ0v) is 6.53. The highest BCUT2D eigenvalue weighted by Crippen LogP contribution is 2.05. The molecule has 6 heteroatoms. The van der Waals surface area contributed by atoms with Crippen molar-refractivity contribution in [1.29, 1.82) is 0 Å². The van der Waals surface area contributed by atoms with Crippen LogP contribution in [0.15, 0.2) is 0 Å². The maximum absolute atomic E-state index is 10.5. The van der Waals surface area contributed by atoms with E-state index >= 15 is 0 Å². The van der Waals surface area contributed by atoms with Gasteiger partial charge in [-0.1, -0.05) is 0 Å². The lowest BCUT2D eigenvalue weighted by Gasteiger charge is -2.06. The summed E-state index contributed by atoms with van der Waals surface area (Å²) in [6, 6.07) is 0. The minimum Gasteiger partial charge on any atom is -0.445 e. The van der Waals surface area contributed by atoms with E-state index in [9.17, 15) is 9.59 Å².